The van der Waals surface area contributed by atoms with Crippen LogP contribution in [0.2, 0.25) is 10.0 Å². The number of nitrogens with zero attached hydrogens (tertiary/aromatic N) is 2. The van der Waals surface area contributed by atoms with E-state index in [1.54, 1.807) is 23.2 Å². The Kier molecular flexibility index (Phi) is 11.7. The van der Waals surface area contributed by atoms with Crippen molar-refractivity contribution in [3.63, 3.8) is 0 Å². The zero-order chi connectivity index (χ0) is 42.8. The number of fused-ring (bicyclic) bond motifs is 2. The van der Waals surface area contributed by atoms with E-state index in [1.165, 1.54) is 0 Å². The van der Waals surface area contributed by atoms with Crippen molar-refractivity contribution in [2.75, 3.05) is 13.2 Å². The molecule has 6 aromatic rings. The molecule has 1 fully saturated rings. The third-order valence-electron chi connectivity index (χ3n) is 12.0. The lowest BCUT2D eigenvalue weighted by atomic mass is 9.92. The SMILES string of the molecule is Cc1nccc(Oc2ccc(CCNC(=O)C3Cc4cc5c(cc4CN3C(=O)NC3(c4ccccc4)CC3)OC(c3ccc(OCc4ccc(Cl)c(Cl)c4)cc3)CO5)cc2)c1C. The average Bonchev–Trinajstić information content (AvgIpc) is 4.08. The number of pyridine rings is 1. The van der Waals surface area contributed by atoms with Crippen molar-refractivity contribution in [3.8, 4) is 28.7 Å². The molecular weight excluding hydrogens is 823 g/mol. The molecule has 2 unspecified atom stereocenters. The van der Waals surface area contributed by atoms with Crippen molar-refractivity contribution in [2.24, 2.45) is 0 Å². The largest absolute Gasteiger partial charge is 0.489 e. The van der Waals surface area contributed by atoms with E-state index in [4.69, 9.17) is 42.1 Å². The summed E-state index contributed by atoms with van der Waals surface area (Å²) in [7, 11) is 0. The van der Waals surface area contributed by atoms with Crippen LogP contribution in [-0.2, 0) is 36.3 Å². The summed E-state index contributed by atoms with van der Waals surface area (Å²) >= 11 is 12.2. The standard InChI is InChI=1S/C50H46Cl2N4O6/c1-31-32(2)53-23-19-44(31)61-40-13-8-33(9-14-40)18-22-54-48(57)43-25-36-26-45-46(27-37(36)28-56(43)49(58)55-50(20-21-50)38-6-4-3-5-7-38)62-47(30-60-45)35-11-15-39(16-12-35)59-29-34-10-17-41(51)42(52)24-34/h3-17,19,23-24,26-27,43,47H,18,20-22,25,28-30H2,1-2H3,(H,54,57)(H,55,58). The molecule has 9 rings (SSSR count). The summed E-state index contributed by atoms with van der Waals surface area (Å²) in [5.41, 5.74) is 7.28. The van der Waals surface area contributed by atoms with Gasteiger partial charge in [0.1, 0.15) is 36.5 Å². The van der Waals surface area contributed by atoms with Gasteiger partial charge in [0.25, 0.3) is 0 Å². The molecule has 316 valence electrons. The summed E-state index contributed by atoms with van der Waals surface area (Å²) < 4.78 is 24.9. The van der Waals surface area contributed by atoms with E-state index >= 15 is 0 Å². The van der Waals surface area contributed by atoms with Gasteiger partial charge in [-0.3, -0.25) is 9.78 Å². The maximum absolute atomic E-state index is 14.3. The number of hydrogen-bond donors (Lipinski definition) is 2. The van der Waals surface area contributed by atoms with Gasteiger partial charge in [-0.1, -0.05) is 83.9 Å². The van der Waals surface area contributed by atoms with Gasteiger partial charge in [0.05, 0.1) is 15.6 Å². The highest BCUT2D eigenvalue weighted by Crippen LogP contribution is 2.46. The van der Waals surface area contributed by atoms with Crippen molar-refractivity contribution < 1.29 is 28.5 Å². The first-order valence-electron chi connectivity index (χ1n) is 20.8. The molecule has 3 amide bonds. The van der Waals surface area contributed by atoms with Crippen LogP contribution in [0.4, 0.5) is 4.79 Å². The first kappa shape index (κ1) is 41.1. The fourth-order valence-corrected chi connectivity index (χ4v) is 8.33. The van der Waals surface area contributed by atoms with Crippen LogP contribution in [0.25, 0.3) is 0 Å². The number of ether oxygens (including phenoxy) is 4. The minimum absolute atomic E-state index is 0.210. The van der Waals surface area contributed by atoms with Crippen LogP contribution in [0.1, 0.15) is 63.6 Å². The number of urea groups is 1. The van der Waals surface area contributed by atoms with E-state index in [1.807, 2.05) is 117 Å². The van der Waals surface area contributed by atoms with Crippen LogP contribution in [0.3, 0.4) is 0 Å². The Balaban J connectivity index is 0.875. The van der Waals surface area contributed by atoms with Crippen LogP contribution in [0.5, 0.6) is 28.7 Å². The van der Waals surface area contributed by atoms with E-state index in [-0.39, 0.29) is 24.6 Å². The third kappa shape index (κ3) is 9.03. The molecule has 0 spiro atoms. The number of aryl methyl sites for hydroxylation is 1. The van der Waals surface area contributed by atoms with Crippen LogP contribution in [-0.4, -0.2) is 41.0 Å². The lowest BCUT2D eigenvalue weighted by Crippen LogP contribution is -2.56. The number of rotatable bonds is 12. The molecule has 1 aliphatic carbocycles. The Morgan fingerprint density at radius 2 is 1.58 bits per heavy atom. The average molecular weight is 870 g/mol. The van der Waals surface area contributed by atoms with Crippen molar-refractivity contribution in [1.29, 1.82) is 0 Å². The number of nitrogens with one attached hydrogen (secondary N) is 2. The maximum Gasteiger partial charge on any atom is 0.319 e. The Hall–Kier alpha value is -6.23. The molecule has 2 atom stereocenters. The molecule has 10 nitrogen and oxygen atoms in total. The van der Waals surface area contributed by atoms with E-state index in [2.05, 4.69) is 15.6 Å². The second-order valence-corrected chi connectivity index (χ2v) is 16.9. The number of halogens is 2. The number of hydrogen-bond acceptors (Lipinski definition) is 7. The number of carbonyl (C=O) groups is 2. The Morgan fingerprint density at radius 3 is 2.34 bits per heavy atom. The Morgan fingerprint density at radius 1 is 0.839 bits per heavy atom. The molecule has 2 N–H and O–H groups in total. The van der Waals surface area contributed by atoms with Gasteiger partial charge in [-0.25, -0.2) is 4.79 Å². The van der Waals surface area contributed by atoms with Gasteiger partial charge in [-0.05, 0) is 121 Å². The Labute approximate surface area is 371 Å². The predicted octanol–water partition coefficient (Wildman–Crippen LogP) is 10.4. The second kappa shape index (κ2) is 17.6. The topological polar surface area (TPSA) is 111 Å². The zero-order valence-electron chi connectivity index (χ0n) is 34.5. The van der Waals surface area contributed by atoms with E-state index in [0.29, 0.717) is 59.9 Å². The summed E-state index contributed by atoms with van der Waals surface area (Å²) in [6.07, 6.45) is 3.99. The molecule has 0 bridgehead atoms. The van der Waals surface area contributed by atoms with E-state index < -0.39 is 11.6 Å². The first-order chi connectivity index (χ1) is 30.1. The summed E-state index contributed by atoms with van der Waals surface area (Å²) in [4.78, 5) is 34.4. The minimum Gasteiger partial charge on any atom is -0.489 e. The van der Waals surface area contributed by atoms with Crippen molar-refractivity contribution in [1.82, 2.24) is 20.5 Å². The lowest BCUT2D eigenvalue weighted by molar-refractivity contribution is -0.125. The lowest BCUT2D eigenvalue weighted by Gasteiger charge is -2.38. The molecule has 62 heavy (non-hydrogen) atoms. The molecule has 12 heteroatoms. The van der Waals surface area contributed by atoms with Gasteiger partial charge in [0.2, 0.25) is 5.91 Å². The van der Waals surface area contributed by atoms with Gasteiger partial charge in [-0.15, -0.1) is 0 Å². The first-order valence-corrected chi connectivity index (χ1v) is 21.6. The molecule has 3 heterocycles. The fourth-order valence-electron chi connectivity index (χ4n) is 8.01. The van der Waals surface area contributed by atoms with Crippen LogP contribution in [0.15, 0.2) is 121 Å². The summed E-state index contributed by atoms with van der Waals surface area (Å²) in [5, 5.41) is 7.43. The highest BCUT2D eigenvalue weighted by molar-refractivity contribution is 6.42. The number of carbonyl (C=O) groups excluding carboxylic acids is 2. The summed E-state index contributed by atoms with van der Waals surface area (Å²) in [6.45, 7) is 5.24. The van der Waals surface area contributed by atoms with Gasteiger partial charge in [0, 0.05) is 37.0 Å². The van der Waals surface area contributed by atoms with Gasteiger partial charge < -0.3 is 34.5 Å². The monoisotopic (exact) mass is 868 g/mol. The molecule has 5 aromatic carbocycles. The number of amides is 3. The maximum atomic E-state index is 14.3. The normalized spacial score (nSPS) is 17.1. The van der Waals surface area contributed by atoms with Crippen LogP contribution in [0, 0.1) is 13.8 Å². The zero-order valence-corrected chi connectivity index (χ0v) is 36.0. The quantitative estimate of drug-likeness (QED) is 0.126. The van der Waals surface area contributed by atoms with Gasteiger partial charge >= 0.3 is 6.03 Å². The van der Waals surface area contributed by atoms with E-state index in [9.17, 15) is 9.59 Å². The molecule has 0 radical (unpaired) electrons. The molecule has 1 aromatic heterocycles. The van der Waals surface area contributed by atoms with Crippen molar-refractivity contribution in [2.45, 2.75) is 70.4 Å². The number of benzene rings is 5. The van der Waals surface area contributed by atoms with E-state index in [0.717, 1.165) is 69.0 Å². The summed E-state index contributed by atoms with van der Waals surface area (Å²) in [5.74, 6) is 3.19. The molecule has 2 aliphatic heterocycles. The highest BCUT2D eigenvalue weighted by atomic mass is 35.5. The van der Waals surface area contributed by atoms with Crippen LogP contribution >= 0.6 is 23.2 Å². The third-order valence-corrected chi connectivity index (χ3v) is 12.7. The fraction of sp³-hybridized carbons (Fsp3) is 0.260. The minimum atomic E-state index is -0.732. The Bertz CT molecular complexity index is 2600. The van der Waals surface area contributed by atoms with Crippen molar-refractivity contribution in [3.05, 3.63) is 176 Å². The smallest absolute Gasteiger partial charge is 0.319 e. The van der Waals surface area contributed by atoms with Crippen molar-refractivity contribution >= 4 is 35.1 Å². The summed E-state index contributed by atoms with van der Waals surface area (Å²) in [6, 6.07) is 35.8. The molecule has 0 saturated heterocycles. The van der Waals surface area contributed by atoms with Crippen LogP contribution < -0.4 is 29.6 Å². The predicted molar refractivity (Wildman–Crippen MR) is 238 cm³/mol. The highest BCUT2D eigenvalue weighted by Gasteiger charge is 2.48. The van der Waals surface area contributed by atoms with Gasteiger partial charge in [0.15, 0.2) is 17.6 Å². The number of aromatic nitrogens is 1. The second-order valence-electron chi connectivity index (χ2n) is 16.1. The van der Waals surface area contributed by atoms with Gasteiger partial charge in [-0.2, -0.15) is 0 Å². The molecule has 3 aliphatic rings. The molecular formula is C50H46Cl2N4O6. The molecule has 1 saturated carbocycles.